The average Bonchev–Trinajstić information content (AvgIpc) is 2.79. The van der Waals surface area contributed by atoms with Gasteiger partial charge in [0, 0.05) is 31.1 Å². The Hall–Kier alpha value is -0.680. The van der Waals surface area contributed by atoms with Gasteiger partial charge < -0.3 is 10.1 Å². The topological polar surface area (TPSA) is 47.0 Å². The number of nitrogens with zero attached hydrogens (tertiary/aromatic N) is 2. The van der Waals surface area contributed by atoms with E-state index in [4.69, 9.17) is 4.74 Å². The highest BCUT2D eigenvalue weighted by Crippen LogP contribution is 2.35. The molecule has 1 heterocycles. The Bertz CT molecular complexity index is 334. The summed E-state index contributed by atoms with van der Waals surface area (Å²) >= 11 is 1.47. The number of anilines is 1. The zero-order chi connectivity index (χ0) is 12.1. The minimum atomic E-state index is 0.584. The van der Waals surface area contributed by atoms with Crippen LogP contribution in [0.15, 0.2) is 0 Å². The van der Waals surface area contributed by atoms with Crippen molar-refractivity contribution in [2.45, 2.75) is 38.5 Å². The molecule has 0 saturated heterocycles. The van der Waals surface area contributed by atoms with Crippen LogP contribution in [0.5, 0.6) is 0 Å². The summed E-state index contributed by atoms with van der Waals surface area (Å²) in [5.41, 5.74) is 0. The van der Waals surface area contributed by atoms with Crippen LogP contribution in [0.3, 0.4) is 0 Å². The standard InChI is InChI=1S/C12H21N3OS/c1-9-3-5-10(6-4-9)11-14-12(17-15-11)13-7-8-16-2/h9-10H,3-8H2,1-2H3,(H,13,14,15). The van der Waals surface area contributed by atoms with Crippen molar-refractivity contribution in [3.8, 4) is 0 Å². The van der Waals surface area contributed by atoms with Crippen LogP contribution in [-0.2, 0) is 4.74 Å². The average molecular weight is 255 g/mol. The molecule has 0 bridgehead atoms. The van der Waals surface area contributed by atoms with Crippen molar-refractivity contribution in [1.82, 2.24) is 9.36 Å². The fourth-order valence-electron chi connectivity index (χ4n) is 2.25. The second-order valence-corrected chi connectivity index (χ2v) is 5.59. The molecule has 0 amide bonds. The summed E-state index contributed by atoms with van der Waals surface area (Å²) in [7, 11) is 1.70. The van der Waals surface area contributed by atoms with Gasteiger partial charge in [0.25, 0.3) is 0 Å². The highest BCUT2D eigenvalue weighted by molar-refractivity contribution is 7.09. The molecule has 5 heteroatoms. The molecule has 1 aliphatic rings. The smallest absolute Gasteiger partial charge is 0.202 e. The van der Waals surface area contributed by atoms with Crippen molar-refractivity contribution >= 4 is 16.7 Å². The first-order valence-corrected chi connectivity index (χ1v) is 7.13. The van der Waals surface area contributed by atoms with Gasteiger partial charge >= 0.3 is 0 Å². The van der Waals surface area contributed by atoms with Crippen LogP contribution in [0.1, 0.15) is 44.3 Å². The van der Waals surface area contributed by atoms with Crippen LogP contribution in [0.25, 0.3) is 0 Å². The first kappa shape index (κ1) is 12.8. The maximum Gasteiger partial charge on any atom is 0.202 e. The molecule has 17 heavy (non-hydrogen) atoms. The van der Waals surface area contributed by atoms with Crippen LogP contribution < -0.4 is 5.32 Å². The molecule has 0 atom stereocenters. The quantitative estimate of drug-likeness (QED) is 0.822. The first-order chi connectivity index (χ1) is 8.29. The highest BCUT2D eigenvalue weighted by Gasteiger charge is 2.22. The third kappa shape index (κ3) is 3.64. The molecule has 1 aromatic heterocycles. The summed E-state index contributed by atoms with van der Waals surface area (Å²) in [4.78, 5) is 4.57. The van der Waals surface area contributed by atoms with Crippen LogP contribution in [-0.4, -0.2) is 29.6 Å². The molecule has 1 aromatic rings. The molecule has 2 rings (SSSR count). The van der Waals surface area contributed by atoms with Crippen LogP contribution >= 0.6 is 11.5 Å². The first-order valence-electron chi connectivity index (χ1n) is 6.36. The summed E-state index contributed by atoms with van der Waals surface area (Å²) < 4.78 is 9.46. The second-order valence-electron chi connectivity index (χ2n) is 4.83. The monoisotopic (exact) mass is 255 g/mol. The van der Waals surface area contributed by atoms with Crippen molar-refractivity contribution in [2.75, 3.05) is 25.6 Å². The lowest BCUT2D eigenvalue weighted by molar-refractivity contribution is 0.211. The van der Waals surface area contributed by atoms with E-state index in [1.165, 1.54) is 37.2 Å². The number of hydrogen-bond acceptors (Lipinski definition) is 5. The molecule has 0 radical (unpaired) electrons. The van der Waals surface area contributed by atoms with E-state index >= 15 is 0 Å². The van der Waals surface area contributed by atoms with E-state index in [0.29, 0.717) is 12.5 Å². The van der Waals surface area contributed by atoms with E-state index in [1.54, 1.807) is 7.11 Å². The predicted molar refractivity (Wildman–Crippen MR) is 70.6 cm³/mol. The Morgan fingerprint density at radius 2 is 2.12 bits per heavy atom. The second kappa shape index (κ2) is 6.31. The van der Waals surface area contributed by atoms with Gasteiger partial charge in [0.2, 0.25) is 5.13 Å². The third-order valence-corrected chi connectivity index (χ3v) is 4.09. The zero-order valence-electron chi connectivity index (χ0n) is 10.6. The molecular weight excluding hydrogens is 234 g/mol. The van der Waals surface area contributed by atoms with Gasteiger partial charge in [-0.25, -0.2) is 4.98 Å². The van der Waals surface area contributed by atoms with E-state index in [-0.39, 0.29) is 0 Å². The third-order valence-electron chi connectivity index (χ3n) is 3.41. The lowest BCUT2D eigenvalue weighted by Crippen LogP contribution is -2.12. The van der Waals surface area contributed by atoms with Crippen LogP contribution in [0.4, 0.5) is 5.13 Å². The van der Waals surface area contributed by atoms with Gasteiger partial charge in [0.05, 0.1) is 6.61 Å². The highest BCUT2D eigenvalue weighted by atomic mass is 32.1. The number of aromatic nitrogens is 2. The Morgan fingerprint density at radius 3 is 2.82 bits per heavy atom. The normalized spacial score (nSPS) is 24.8. The zero-order valence-corrected chi connectivity index (χ0v) is 11.4. The Kier molecular flexibility index (Phi) is 4.74. The van der Waals surface area contributed by atoms with E-state index < -0.39 is 0 Å². The summed E-state index contributed by atoms with van der Waals surface area (Å²) in [6, 6.07) is 0. The van der Waals surface area contributed by atoms with Gasteiger partial charge in [-0.2, -0.15) is 4.37 Å². The minimum absolute atomic E-state index is 0.584. The SMILES string of the molecule is COCCNc1nc(C2CCC(C)CC2)ns1. The molecule has 96 valence electrons. The van der Waals surface area contributed by atoms with E-state index in [0.717, 1.165) is 23.4 Å². The molecular formula is C12H21N3OS. The van der Waals surface area contributed by atoms with Gasteiger partial charge in [-0.05, 0) is 18.8 Å². The Balaban J connectivity index is 1.85. The number of hydrogen-bond donors (Lipinski definition) is 1. The molecule has 4 nitrogen and oxygen atoms in total. The van der Waals surface area contributed by atoms with Crippen molar-refractivity contribution in [2.24, 2.45) is 5.92 Å². The summed E-state index contributed by atoms with van der Waals surface area (Å²) in [6.07, 6.45) is 5.12. The number of methoxy groups -OCH3 is 1. The molecule has 1 saturated carbocycles. The van der Waals surface area contributed by atoms with Crippen molar-refractivity contribution < 1.29 is 4.74 Å². The number of ether oxygens (including phenoxy) is 1. The van der Waals surface area contributed by atoms with Crippen LogP contribution in [0, 0.1) is 5.92 Å². The van der Waals surface area contributed by atoms with E-state index in [9.17, 15) is 0 Å². The molecule has 0 spiro atoms. The largest absolute Gasteiger partial charge is 0.383 e. The van der Waals surface area contributed by atoms with Crippen molar-refractivity contribution in [3.05, 3.63) is 5.82 Å². The van der Waals surface area contributed by atoms with E-state index in [1.807, 2.05) is 0 Å². The molecule has 1 N–H and O–H groups in total. The lowest BCUT2D eigenvalue weighted by atomic mass is 9.83. The Morgan fingerprint density at radius 1 is 1.35 bits per heavy atom. The lowest BCUT2D eigenvalue weighted by Gasteiger charge is -2.23. The van der Waals surface area contributed by atoms with Gasteiger partial charge in [-0.3, -0.25) is 0 Å². The Labute approximate surface area is 107 Å². The van der Waals surface area contributed by atoms with Crippen molar-refractivity contribution in [3.63, 3.8) is 0 Å². The molecule has 0 aromatic carbocycles. The van der Waals surface area contributed by atoms with Gasteiger partial charge in [-0.1, -0.05) is 19.8 Å². The summed E-state index contributed by atoms with van der Waals surface area (Å²) in [5.74, 6) is 2.51. The number of rotatable bonds is 5. The predicted octanol–water partition coefficient (Wildman–Crippen LogP) is 2.89. The summed E-state index contributed by atoms with van der Waals surface area (Å²) in [6.45, 7) is 3.84. The summed E-state index contributed by atoms with van der Waals surface area (Å²) in [5, 5.41) is 4.16. The minimum Gasteiger partial charge on any atom is -0.383 e. The maximum absolute atomic E-state index is 4.99. The van der Waals surface area contributed by atoms with Gasteiger partial charge in [0.15, 0.2) is 0 Å². The molecule has 1 fully saturated rings. The molecule has 1 aliphatic carbocycles. The maximum atomic E-state index is 4.99. The van der Waals surface area contributed by atoms with E-state index in [2.05, 4.69) is 21.6 Å². The molecule has 0 aliphatic heterocycles. The molecule has 0 unspecified atom stereocenters. The van der Waals surface area contributed by atoms with Crippen molar-refractivity contribution in [1.29, 1.82) is 0 Å². The van der Waals surface area contributed by atoms with Gasteiger partial charge in [-0.15, -0.1) is 0 Å². The van der Waals surface area contributed by atoms with Gasteiger partial charge in [0.1, 0.15) is 5.82 Å². The number of nitrogens with one attached hydrogen (secondary N) is 1. The fourth-order valence-corrected chi connectivity index (χ4v) is 2.92. The van der Waals surface area contributed by atoms with Crippen LogP contribution in [0.2, 0.25) is 0 Å². The fraction of sp³-hybridized carbons (Fsp3) is 0.833.